The normalized spacial score (nSPS) is 13.7. The third kappa shape index (κ3) is 11.6. The summed E-state index contributed by atoms with van der Waals surface area (Å²) in [5.41, 5.74) is 15.3. The Kier molecular flexibility index (Phi) is 14.1. The number of benzene rings is 3. The molecule has 0 bridgehead atoms. The van der Waals surface area contributed by atoms with Crippen molar-refractivity contribution in [1.29, 1.82) is 0 Å². The van der Waals surface area contributed by atoms with Crippen molar-refractivity contribution in [3.8, 4) is 17.2 Å². The number of carbonyl (C=O) groups excluding carboxylic acids is 5. The van der Waals surface area contributed by atoms with E-state index in [1.165, 1.54) is 72.8 Å². The summed E-state index contributed by atoms with van der Waals surface area (Å²) in [6.45, 7) is -0.766. The van der Waals surface area contributed by atoms with E-state index in [1.54, 1.807) is 0 Å². The first-order valence-corrected chi connectivity index (χ1v) is 15.5. The molecule has 0 radical (unpaired) electrons. The highest BCUT2D eigenvalue weighted by molar-refractivity contribution is 5.96. The summed E-state index contributed by atoms with van der Waals surface area (Å²) in [6.07, 6.45) is 0.286. The number of guanidine groups is 1. The molecule has 0 aromatic heterocycles. The molecule has 0 unspecified atom stereocenters. The van der Waals surface area contributed by atoms with Gasteiger partial charge in [0.25, 0.3) is 5.91 Å². The van der Waals surface area contributed by atoms with E-state index < -0.39 is 66.4 Å². The number of carboxylic acid groups (broad SMARTS) is 1. The standard InChI is InChI=1S/C33H40N8O10/c34-25(17-3-9-20(43)10-4-17)30(48)38-23(2-1-15-37-33(35)36)28(46)40-26(18-5-11-21(44)12-6-18)31(49)39-24(16-42)29(47)41-27(32(50)51)19-7-13-22(45)14-8-19/h3-14,23-27,42-45H,1-2,15-16,34H2,(H,38,48)(H,39,49)(H,40,46)(H,41,47)(H,50,51)(H4,35,36,37)/p+1/t23-,24-,25-,26+,27-/m0/s1. The first-order chi connectivity index (χ1) is 24.2. The molecule has 0 aliphatic heterocycles. The van der Waals surface area contributed by atoms with Gasteiger partial charge in [0.15, 0.2) is 6.04 Å². The fourth-order valence-electron chi connectivity index (χ4n) is 4.79. The van der Waals surface area contributed by atoms with Crippen LogP contribution in [0.4, 0.5) is 0 Å². The highest BCUT2D eigenvalue weighted by Gasteiger charge is 2.33. The number of carboxylic acids is 1. The summed E-state index contributed by atoms with van der Waals surface area (Å²) in [5.74, 6) is -5.76. The van der Waals surface area contributed by atoms with Gasteiger partial charge in [-0.3, -0.25) is 35.6 Å². The van der Waals surface area contributed by atoms with Crippen LogP contribution in [0.2, 0.25) is 0 Å². The molecule has 0 spiro atoms. The number of amides is 4. The van der Waals surface area contributed by atoms with Gasteiger partial charge in [0.05, 0.1) is 25.2 Å². The molecule has 0 heterocycles. The average Bonchev–Trinajstić information content (AvgIpc) is 3.10. The van der Waals surface area contributed by atoms with Gasteiger partial charge in [0.2, 0.25) is 17.7 Å². The van der Waals surface area contributed by atoms with Crippen LogP contribution in [0.15, 0.2) is 72.8 Å². The van der Waals surface area contributed by atoms with Crippen LogP contribution in [0.1, 0.15) is 47.7 Å². The van der Waals surface area contributed by atoms with E-state index in [0.717, 1.165) is 0 Å². The lowest BCUT2D eigenvalue weighted by molar-refractivity contribution is -0.459. The predicted octanol–water partition coefficient (Wildman–Crippen LogP) is -5.35. The minimum absolute atomic E-state index is 0.0214. The molecule has 5 atom stereocenters. The zero-order valence-corrected chi connectivity index (χ0v) is 27.2. The summed E-state index contributed by atoms with van der Waals surface area (Å²) < 4.78 is 0. The lowest BCUT2D eigenvalue weighted by Gasteiger charge is -2.27. The molecule has 18 nitrogen and oxygen atoms in total. The number of nitrogens with one attached hydrogen (secondary N) is 5. The molecule has 0 aliphatic carbocycles. The summed E-state index contributed by atoms with van der Waals surface area (Å²) in [5, 5.41) is 60.4. The van der Waals surface area contributed by atoms with E-state index in [0.29, 0.717) is 5.56 Å². The summed E-state index contributed by atoms with van der Waals surface area (Å²) >= 11 is 0. The average molecular weight is 710 g/mol. The number of phenols is 3. The maximum atomic E-state index is 13.8. The van der Waals surface area contributed by atoms with Crippen molar-refractivity contribution < 1.29 is 60.2 Å². The molecule has 3 aromatic carbocycles. The molecular formula is C33H41N8O10+. The Bertz CT molecular complexity index is 1700. The summed E-state index contributed by atoms with van der Waals surface area (Å²) in [4.78, 5) is 68.2. The van der Waals surface area contributed by atoms with Gasteiger partial charge in [-0.15, -0.1) is 0 Å². The third-order valence-corrected chi connectivity index (χ3v) is 7.58. The third-order valence-electron chi connectivity index (χ3n) is 7.58. The minimum atomic E-state index is -1.72. The second-order valence-electron chi connectivity index (χ2n) is 11.4. The molecule has 4 amide bonds. The largest absolute Gasteiger partial charge is 0.548 e. The first kappa shape index (κ1) is 39.0. The van der Waals surface area contributed by atoms with Crippen LogP contribution in [-0.2, 0) is 24.0 Å². The van der Waals surface area contributed by atoms with Crippen LogP contribution >= 0.6 is 0 Å². The lowest BCUT2D eigenvalue weighted by Crippen LogP contribution is -2.78. The summed E-state index contributed by atoms with van der Waals surface area (Å²) in [7, 11) is 0. The highest BCUT2D eigenvalue weighted by atomic mass is 16.4. The summed E-state index contributed by atoms with van der Waals surface area (Å²) in [6, 6.07) is 8.43. The van der Waals surface area contributed by atoms with Gasteiger partial charge in [-0.2, -0.15) is 0 Å². The number of phenolic OH excluding ortho intramolecular Hbond substituents is 3. The number of aliphatic hydroxyl groups is 1. The molecule has 3 aromatic rings. The first-order valence-electron chi connectivity index (χ1n) is 15.5. The molecule has 0 saturated heterocycles. The van der Waals surface area contributed by atoms with Crippen molar-refractivity contribution in [2.24, 2.45) is 11.5 Å². The Morgan fingerprint density at radius 1 is 0.647 bits per heavy atom. The van der Waals surface area contributed by atoms with Crippen LogP contribution in [0.25, 0.3) is 0 Å². The van der Waals surface area contributed by atoms with Gasteiger partial charge < -0.3 is 57.3 Å². The van der Waals surface area contributed by atoms with Gasteiger partial charge in [0.1, 0.15) is 35.4 Å². The maximum Gasteiger partial charge on any atom is 0.338 e. The second kappa shape index (κ2) is 18.4. The maximum absolute atomic E-state index is 13.8. The van der Waals surface area contributed by atoms with Crippen LogP contribution in [0.5, 0.6) is 17.2 Å². The fraction of sp³-hybridized carbons (Fsp3) is 0.273. The predicted molar refractivity (Wildman–Crippen MR) is 176 cm³/mol. The van der Waals surface area contributed by atoms with Crippen LogP contribution in [0.3, 0.4) is 0 Å². The molecule has 51 heavy (non-hydrogen) atoms. The van der Waals surface area contributed by atoms with Crippen molar-refractivity contribution in [2.75, 3.05) is 13.2 Å². The van der Waals surface area contributed by atoms with Crippen molar-refractivity contribution in [3.63, 3.8) is 0 Å². The Labute approximate surface area is 291 Å². The number of nitrogens with two attached hydrogens (primary N) is 2. The molecule has 16 N–H and O–H groups in total. The number of aromatic hydroxyl groups is 3. The zero-order chi connectivity index (χ0) is 37.7. The number of carbonyl (C=O) groups is 5. The zero-order valence-electron chi connectivity index (χ0n) is 27.2. The molecule has 0 saturated carbocycles. The van der Waals surface area contributed by atoms with E-state index in [1.807, 2.05) is 0 Å². The number of quaternary nitrogens is 1. The Morgan fingerprint density at radius 2 is 1.08 bits per heavy atom. The number of hydrogen-bond acceptors (Lipinski definition) is 10. The fourth-order valence-corrected chi connectivity index (χ4v) is 4.79. The monoisotopic (exact) mass is 709 g/mol. The van der Waals surface area contributed by atoms with Gasteiger partial charge >= 0.3 is 5.96 Å². The van der Waals surface area contributed by atoms with E-state index in [2.05, 4.69) is 32.0 Å². The van der Waals surface area contributed by atoms with Crippen molar-refractivity contribution in [1.82, 2.24) is 21.3 Å². The highest BCUT2D eigenvalue weighted by Crippen LogP contribution is 2.20. The van der Waals surface area contributed by atoms with E-state index in [9.17, 15) is 49.5 Å². The van der Waals surface area contributed by atoms with Gasteiger partial charge in [0, 0.05) is 5.56 Å². The SMILES string of the molecule is NC(N)=[NH+]CCC[C@H](NC(=O)[C@@H]([NH3+])c1ccc(O)cc1)C(=O)N[C@@H](C(=O)N[C@@H](CO)C(=O)N[C@H](C(=O)[O-])c1ccc(O)cc1)c1ccc(O)cc1. The molecule has 0 fully saturated rings. The van der Waals surface area contributed by atoms with E-state index in [-0.39, 0.29) is 53.7 Å². The van der Waals surface area contributed by atoms with E-state index >= 15 is 0 Å². The Morgan fingerprint density at radius 3 is 1.55 bits per heavy atom. The smallest absolute Gasteiger partial charge is 0.338 e. The minimum Gasteiger partial charge on any atom is -0.548 e. The van der Waals surface area contributed by atoms with Crippen molar-refractivity contribution in [3.05, 3.63) is 89.5 Å². The van der Waals surface area contributed by atoms with Crippen molar-refractivity contribution >= 4 is 35.6 Å². The van der Waals surface area contributed by atoms with Gasteiger partial charge in [-0.1, -0.05) is 24.3 Å². The molecule has 18 heteroatoms. The molecular weight excluding hydrogens is 668 g/mol. The molecule has 0 aliphatic rings. The number of rotatable bonds is 17. The van der Waals surface area contributed by atoms with Crippen molar-refractivity contribution in [2.45, 2.75) is 43.1 Å². The van der Waals surface area contributed by atoms with Crippen LogP contribution in [-0.4, -0.2) is 81.2 Å². The Balaban J connectivity index is 1.85. The number of hydrogen-bond donors (Lipinski definition) is 12. The van der Waals surface area contributed by atoms with Gasteiger partial charge in [-0.25, -0.2) is 0 Å². The lowest BCUT2D eigenvalue weighted by atomic mass is 10.0. The second-order valence-corrected chi connectivity index (χ2v) is 11.4. The quantitative estimate of drug-likeness (QED) is 0.0355. The number of aliphatic hydroxyl groups excluding tert-OH is 1. The molecule has 272 valence electrons. The van der Waals surface area contributed by atoms with Crippen LogP contribution < -0.4 is 48.6 Å². The van der Waals surface area contributed by atoms with Crippen LogP contribution in [0, 0.1) is 0 Å². The van der Waals surface area contributed by atoms with E-state index in [4.69, 9.17) is 11.5 Å². The van der Waals surface area contributed by atoms with Gasteiger partial charge in [-0.05, 0) is 72.5 Å². The Hall–Kier alpha value is -6.40. The molecule has 3 rings (SSSR count). The topological polar surface area (TPSA) is 331 Å². The number of aliphatic carboxylic acids is 1.